The number of ether oxygens (including phenoxy) is 1. The molecule has 2 aliphatic rings. The summed E-state index contributed by atoms with van der Waals surface area (Å²) in [5.74, 6) is 1.18. The summed E-state index contributed by atoms with van der Waals surface area (Å²) in [6.07, 6.45) is 3.84. The molecular formula is C16H22O2S. The first-order valence-electron chi connectivity index (χ1n) is 7.20. The molecule has 3 rings (SSSR count). The van der Waals surface area contributed by atoms with E-state index in [0.717, 1.165) is 25.9 Å². The summed E-state index contributed by atoms with van der Waals surface area (Å²) < 4.78 is 5.93. The number of hydrogen-bond acceptors (Lipinski definition) is 3. The van der Waals surface area contributed by atoms with Gasteiger partial charge in [0.05, 0.1) is 18.8 Å². The van der Waals surface area contributed by atoms with Crippen LogP contribution < -0.4 is 0 Å². The van der Waals surface area contributed by atoms with Crippen LogP contribution >= 0.6 is 11.8 Å². The molecule has 2 nitrogen and oxygen atoms in total. The Morgan fingerprint density at radius 1 is 1.47 bits per heavy atom. The Morgan fingerprint density at radius 3 is 3.11 bits per heavy atom. The first-order chi connectivity index (χ1) is 9.19. The van der Waals surface area contributed by atoms with Crippen molar-refractivity contribution in [1.82, 2.24) is 0 Å². The Balaban J connectivity index is 1.74. The van der Waals surface area contributed by atoms with Crippen LogP contribution in [0.2, 0.25) is 0 Å². The van der Waals surface area contributed by atoms with E-state index in [-0.39, 0.29) is 17.0 Å². The van der Waals surface area contributed by atoms with Crippen molar-refractivity contribution in [3.05, 3.63) is 35.4 Å². The van der Waals surface area contributed by atoms with E-state index in [0.29, 0.717) is 0 Å². The molecule has 0 amide bonds. The highest BCUT2D eigenvalue weighted by atomic mass is 32.2. The molecule has 1 saturated heterocycles. The number of aliphatic hydroxyl groups is 1. The number of thioether (sulfide) groups is 1. The summed E-state index contributed by atoms with van der Waals surface area (Å²) in [6, 6.07) is 8.49. The monoisotopic (exact) mass is 278 g/mol. The third-order valence-electron chi connectivity index (χ3n) is 4.48. The first kappa shape index (κ1) is 13.5. The maximum absolute atomic E-state index is 10.6. The third kappa shape index (κ3) is 2.69. The fraction of sp³-hybridized carbons (Fsp3) is 0.625. The third-order valence-corrected chi connectivity index (χ3v) is 6.11. The lowest BCUT2D eigenvalue weighted by atomic mass is 9.89. The molecule has 1 aromatic carbocycles. The standard InChI is InChI=1S/C16H22O2S/c1-16(8-4-10-19-16)15(17)11-14-13-6-3-2-5-12(13)7-9-18-14/h2-3,5-6,14-15,17H,4,7-11H2,1H3. The van der Waals surface area contributed by atoms with Crippen molar-refractivity contribution >= 4 is 11.8 Å². The Morgan fingerprint density at radius 2 is 2.32 bits per heavy atom. The van der Waals surface area contributed by atoms with Crippen LogP contribution in [0.1, 0.15) is 43.4 Å². The van der Waals surface area contributed by atoms with Gasteiger partial charge in [-0.05, 0) is 43.1 Å². The van der Waals surface area contributed by atoms with E-state index in [1.54, 1.807) is 0 Å². The molecular weight excluding hydrogens is 256 g/mol. The van der Waals surface area contributed by atoms with Crippen LogP contribution in [0.4, 0.5) is 0 Å². The second-order valence-corrected chi connectivity index (χ2v) is 7.45. The summed E-state index contributed by atoms with van der Waals surface area (Å²) in [4.78, 5) is 0. The molecule has 1 fully saturated rings. The Hall–Kier alpha value is -0.510. The molecule has 0 radical (unpaired) electrons. The molecule has 0 bridgehead atoms. The molecule has 0 aliphatic carbocycles. The zero-order chi connectivity index (χ0) is 13.3. The van der Waals surface area contributed by atoms with E-state index in [1.807, 2.05) is 11.8 Å². The molecule has 2 aliphatic heterocycles. The largest absolute Gasteiger partial charge is 0.392 e. The maximum Gasteiger partial charge on any atom is 0.0852 e. The minimum atomic E-state index is -0.281. The van der Waals surface area contributed by atoms with Crippen molar-refractivity contribution < 1.29 is 9.84 Å². The van der Waals surface area contributed by atoms with Crippen molar-refractivity contribution in [2.75, 3.05) is 12.4 Å². The van der Waals surface area contributed by atoms with Crippen LogP contribution in [0.5, 0.6) is 0 Å². The normalized spacial score (nSPS) is 32.0. The second kappa shape index (κ2) is 5.47. The fourth-order valence-corrected chi connectivity index (χ4v) is 4.52. The minimum absolute atomic E-state index is 0.0236. The number of benzene rings is 1. The van der Waals surface area contributed by atoms with Crippen molar-refractivity contribution in [1.29, 1.82) is 0 Å². The summed E-state index contributed by atoms with van der Waals surface area (Å²) >= 11 is 1.92. The zero-order valence-corrected chi connectivity index (χ0v) is 12.3. The van der Waals surface area contributed by atoms with Gasteiger partial charge < -0.3 is 9.84 Å². The first-order valence-corrected chi connectivity index (χ1v) is 8.19. The number of hydrogen-bond donors (Lipinski definition) is 1. The average molecular weight is 278 g/mol. The lowest BCUT2D eigenvalue weighted by Crippen LogP contribution is -2.36. The summed E-state index contributed by atoms with van der Waals surface area (Å²) in [7, 11) is 0. The molecule has 3 unspecified atom stereocenters. The molecule has 0 saturated carbocycles. The smallest absolute Gasteiger partial charge is 0.0852 e. The van der Waals surface area contributed by atoms with Crippen molar-refractivity contribution in [2.24, 2.45) is 0 Å². The lowest BCUT2D eigenvalue weighted by molar-refractivity contribution is -0.00433. The Bertz CT molecular complexity index is 440. The summed E-state index contributed by atoms with van der Waals surface area (Å²) in [6.45, 7) is 2.97. The molecule has 1 aromatic rings. The van der Waals surface area contributed by atoms with Gasteiger partial charge in [0, 0.05) is 11.2 Å². The van der Waals surface area contributed by atoms with Gasteiger partial charge in [-0.2, -0.15) is 11.8 Å². The molecule has 0 aromatic heterocycles. The van der Waals surface area contributed by atoms with Gasteiger partial charge in [0.15, 0.2) is 0 Å². The predicted molar refractivity (Wildman–Crippen MR) is 79.6 cm³/mol. The second-order valence-electron chi connectivity index (χ2n) is 5.82. The minimum Gasteiger partial charge on any atom is -0.392 e. The molecule has 19 heavy (non-hydrogen) atoms. The van der Waals surface area contributed by atoms with Gasteiger partial charge in [0.1, 0.15) is 0 Å². The molecule has 104 valence electrons. The molecule has 0 spiro atoms. The summed E-state index contributed by atoms with van der Waals surface area (Å²) in [5, 5.41) is 10.6. The van der Waals surface area contributed by atoms with E-state index >= 15 is 0 Å². The van der Waals surface area contributed by atoms with Gasteiger partial charge >= 0.3 is 0 Å². The van der Waals surface area contributed by atoms with Crippen LogP contribution in [0.15, 0.2) is 24.3 Å². The van der Waals surface area contributed by atoms with E-state index in [2.05, 4.69) is 31.2 Å². The van der Waals surface area contributed by atoms with E-state index in [1.165, 1.54) is 23.3 Å². The highest BCUT2D eigenvalue weighted by Crippen LogP contribution is 2.43. The molecule has 1 N–H and O–H groups in total. The quantitative estimate of drug-likeness (QED) is 0.919. The van der Waals surface area contributed by atoms with Crippen molar-refractivity contribution in [3.63, 3.8) is 0 Å². The van der Waals surface area contributed by atoms with Gasteiger partial charge in [-0.3, -0.25) is 0 Å². The van der Waals surface area contributed by atoms with Crippen LogP contribution in [0.25, 0.3) is 0 Å². The average Bonchev–Trinajstić information content (AvgIpc) is 2.87. The van der Waals surface area contributed by atoms with Gasteiger partial charge in [-0.1, -0.05) is 24.3 Å². The SMILES string of the molecule is CC1(C(O)CC2OCCc3ccccc32)CCCS1. The fourth-order valence-electron chi connectivity index (χ4n) is 3.19. The lowest BCUT2D eigenvalue weighted by Gasteiger charge is -2.34. The van der Waals surface area contributed by atoms with Gasteiger partial charge in [-0.15, -0.1) is 0 Å². The van der Waals surface area contributed by atoms with Gasteiger partial charge in [0.2, 0.25) is 0 Å². The molecule has 3 atom stereocenters. The van der Waals surface area contributed by atoms with Crippen LogP contribution in [-0.2, 0) is 11.2 Å². The van der Waals surface area contributed by atoms with Crippen molar-refractivity contribution in [3.8, 4) is 0 Å². The highest BCUT2D eigenvalue weighted by molar-refractivity contribution is 8.00. The van der Waals surface area contributed by atoms with E-state index in [9.17, 15) is 5.11 Å². The maximum atomic E-state index is 10.6. The van der Waals surface area contributed by atoms with Crippen LogP contribution in [0, 0.1) is 0 Å². The zero-order valence-electron chi connectivity index (χ0n) is 11.5. The van der Waals surface area contributed by atoms with Gasteiger partial charge in [-0.25, -0.2) is 0 Å². The Kier molecular flexibility index (Phi) is 3.88. The summed E-state index contributed by atoms with van der Waals surface area (Å²) in [5.41, 5.74) is 2.66. The topological polar surface area (TPSA) is 29.5 Å². The molecule has 3 heteroatoms. The van der Waals surface area contributed by atoms with Gasteiger partial charge in [0.25, 0.3) is 0 Å². The number of rotatable bonds is 3. The molecule has 2 heterocycles. The van der Waals surface area contributed by atoms with Crippen LogP contribution in [0.3, 0.4) is 0 Å². The van der Waals surface area contributed by atoms with E-state index in [4.69, 9.17) is 4.74 Å². The number of fused-ring (bicyclic) bond motifs is 1. The van der Waals surface area contributed by atoms with Crippen molar-refractivity contribution in [2.45, 2.75) is 49.6 Å². The highest BCUT2D eigenvalue weighted by Gasteiger charge is 2.38. The van der Waals surface area contributed by atoms with Crippen LogP contribution in [-0.4, -0.2) is 28.3 Å². The number of aliphatic hydroxyl groups excluding tert-OH is 1. The predicted octanol–water partition coefficient (Wildman–Crippen LogP) is 3.34. The van der Waals surface area contributed by atoms with E-state index < -0.39 is 0 Å². The Labute approximate surface area is 119 Å².